The van der Waals surface area contributed by atoms with Crippen molar-refractivity contribution in [2.75, 3.05) is 11.9 Å². The number of ketones is 1. The molecule has 2 amide bonds. The second-order valence-corrected chi connectivity index (χ2v) is 5.11. The fourth-order valence-corrected chi connectivity index (χ4v) is 2.19. The van der Waals surface area contributed by atoms with E-state index in [9.17, 15) is 14.4 Å². The van der Waals surface area contributed by atoms with Crippen LogP contribution in [0.15, 0.2) is 48.5 Å². The highest BCUT2D eigenvalue weighted by atomic mass is 16.2. The van der Waals surface area contributed by atoms with Crippen molar-refractivity contribution in [3.63, 3.8) is 0 Å². The molecule has 0 bridgehead atoms. The van der Waals surface area contributed by atoms with Gasteiger partial charge in [0.05, 0.1) is 5.69 Å². The average Bonchev–Trinajstić information content (AvgIpc) is 2.57. The first kappa shape index (κ1) is 16.4. The zero-order valence-corrected chi connectivity index (χ0v) is 12.8. The molecule has 0 unspecified atom stereocenters. The van der Waals surface area contributed by atoms with Crippen molar-refractivity contribution in [1.82, 2.24) is 5.32 Å². The molecule has 23 heavy (non-hydrogen) atoms. The minimum Gasteiger partial charge on any atom is -0.352 e. The van der Waals surface area contributed by atoms with Gasteiger partial charge in [-0.25, -0.2) is 0 Å². The van der Waals surface area contributed by atoms with Gasteiger partial charge in [-0.3, -0.25) is 14.4 Å². The Kier molecular flexibility index (Phi) is 5.63. The Morgan fingerprint density at radius 2 is 1.83 bits per heavy atom. The largest absolute Gasteiger partial charge is 0.352 e. The van der Waals surface area contributed by atoms with Gasteiger partial charge in [-0.15, -0.1) is 0 Å². The third kappa shape index (κ3) is 4.51. The van der Waals surface area contributed by atoms with E-state index in [2.05, 4.69) is 10.6 Å². The SMILES string of the molecule is Cc1ccc(NC=O)c(C(=O)CCNC(=O)c2ccccc2)c1. The molecule has 2 rings (SSSR count). The minimum absolute atomic E-state index is 0.133. The summed E-state index contributed by atoms with van der Waals surface area (Å²) in [6.07, 6.45) is 0.703. The smallest absolute Gasteiger partial charge is 0.251 e. The fourth-order valence-electron chi connectivity index (χ4n) is 2.19. The molecule has 0 radical (unpaired) electrons. The van der Waals surface area contributed by atoms with Crippen molar-refractivity contribution in [1.29, 1.82) is 0 Å². The number of hydrogen-bond acceptors (Lipinski definition) is 3. The Labute approximate surface area is 134 Å². The van der Waals surface area contributed by atoms with Crippen LogP contribution in [0.25, 0.3) is 0 Å². The molecule has 118 valence electrons. The van der Waals surface area contributed by atoms with Gasteiger partial charge in [-0.05, 0) is 31.2 Å². The molecular weight excluding hydrogens is 292 g/mol. The van der Waals surface area contributed by atoms with Gasteiger partial charge in [0.15, 0.2) is 5.78 Å². The molecule has 0 aliphatic heterocycles. The van der Waals surface area contributed by atoms with E-state index in [1.165, 1.54) is 0 Å². The maximum Gasteiger partial charge on any atom is 0.251 e. The second-order valence-electron chi connectivity index (χ2n) is 5.11. The van der Waals surface area contributed by atoms with Gasteiger partial charge in [0.1, 0.15) is 0 Å². The van der Waals surface area contributed by atoms with Crippen molar-refractivity contribution in [2.24, 2.45) is 0 Å². The number of benzene rings is 2. The van der Waals surface area contributed by atoms with E-state index in [-0.39, 0.29) is 24.7 Å². The molecule has 0 aliphatic carbocycles. The van der Waals surface area contributed by atoms with E-state index in [4.69, 9.17) is 0 Å². The molecular formula is C18H18N2O3. The summed E-state index contributed by atoms with van der Waals surface area (Å²) in [6.45, 7) is 2.11. The zero-order valence-electron chi connectivity index (χ0n) is 12.8. The van der Waals surface area contributed by atoms with Crippen molar-refractivity contribution < 1.29 is 14.4 Å². The summed E-state index contributed by atoms with van der Waals surface area (Å²) in [5.74, 6) is -0.347. The number of carbonyl (C=O) groups excluding carboxylic acids is 3. The molecule has 2 aromatic rings. The third-order valence-electron chi connectivity index (χ3n) is 3.36. The van der Waals surface area contributed by atoms with Crippen molar-refractivity contribution in [3.05, 3.63) is 65.2 Å². The van der Waals surface area contributed by atoms with Crippen molar-refractivity contribution in [2.45, 2.75) is 13.3 Å². The van der Waals surface area contributed by atoms with Gasteiger partial charge in [0.2, 0.25) is 6.41 Å². The summed E-state index contributed by atoms with van der Waals surface area (Å²) in [5.41, 5.74) is 2.41. The first-order valence-corrected chi connectivity index (χ1v) is 7.29. The highest BCUT2D eigenvalue weighted by Gasteiger charge is 2.12. The van der Waals surface area contributed by atoms with Crippen LogP contribution in [-0.4, -0.2) is 24.6 Å². The Balaban J connectivity index is 1.96. The maximum atomic E-state index is 12.3. The summed E-state index contributed by atoms with van der Waals surface area (Å²) in [7, 11) is 0. The lowest BCUT2D eigenvalue weighted by molar-refractivity contribution is -0.105. The predicted molar refractivity (Wildman–Crippen MR) is 88.6 cm³/mol. The van der Waals surface area contributed by atoms with Gasteiger partial charge in [0, 0.05) is 24.1 Å². The standard InChI is InChI=1S/C18H18N2O3/c1-13-7-8-16(20-12-21)15(11-13)17(22)9-10-19-18(23)14-5-3-2-4-6-14/h2-8,11-12H,9-10H2,1H3,(H,19,23)(H,20,21). The Morgan fingerprint density at radius 1 is 1.09 bits per heavy atom. The topological polar surface area (TPSA) is 75.3 Å². The molecule has 0 aliphatic rings. The monoisotopic (exact) mass is 310 g/mol. The normalized spacial score (nSPS) is 9.96. The van der Waals surface area contributed by atoms with Crippen LogP contribution in [0.2, 0.25) is 0 Å². The molecule has 2 N–H and O–H groups in total. The number of anilines is 1. The number of amides is 2. The van der Waals surface area contributed by atoms with Crippen molar-refractivity contribution >= 4 is 23.8 Å². The van der Waals surface area contributed by atoms with E-state index < -0.39 is 0 Å². The van der Waals surface area contributed by atoms with Crippen LogP contribution < -0.4 is 10.6 Å². The molecule has 0 saturated carbocycles. The van der Waals surface area contributed by atoms with E-state index in [0.717, 1.165) is 5.56 Å². The van der Waals surface area contributed by atoms with Crippen LogP contribution in [0.1, 0.15) is 32.7 Å². The number of nitrogens with one attached hydrogen (secondary N) is 2. The average molecular weight is 310 g/mol. The van der Waals surface area contributed by atoms with E-state index in [1.807, 2.05) is 19.1 Å². The number of aryl methyl sites for hydroxylation is 1. The number of rotatable bonds is 7. The highest BCUT2D eigenvalue weighted by Crippen LogP contribution is 2.18. The Bertz CT molecular complexity index is 711. The van der Waals surface area contributed by atoms with Gasteiger partial charge < -0.3 is 10.6 Å². The summed E-state index contributed by atoms with van der Waals surface area (Å²) in [4.78, 5) is 34.8. The molecule has 0 spiro atoms. The molecule has 5 nitrogen and oxygen atoms in total. The Hall–Kier alpha value is -2.95. The van der Waals surface area contributed by atoms with E-state index in [0.29, 0.717) is 23.2 Å². The summed E-state index contributed by atoms with van der Waals surface area (Å²) >= 11 is 0. The third-order valence-corrected chi connectivity index (χ3v) is 3.36. The van der Waals surface area contributed by atoms with Crippen LogP contribution in [0, 0.1) is 6.92 Å². The van der Waals surface area contributed by atoms with E-state index >= 15 is 0 Å². The fraction of sp³-hybridized carbons (Fsp3) is 0.167. The summed E-state index contributed by atoms with van der Waals surface area (Å²) in [5, 5.41) is 5.24. The van der Waals surface area contributed by atoms with Gasteiger partial charge >= 0.3 is 0 Å². The number of carbonyl (C=O) groups is 3. The zero-order chi connectivity index (χ0) is 16.7. The van der Waals surface area contributed by atoms with E-state index in [1.54, 1.807) is 36.4 Å². The lowest BCUT2D eigenvalue weighted by atomic mass is 10.0. The molecule has 0 aromatic heterocycles. The molecule has 5 heteroatoms. The quantitative estimate of drug-likeness (QED) is 0.609. The second kappa shape index (κ2) is 7.89. The van der Waals surface area contributed by atoms with Crippen LogP contribution in [0.4, 0.5) is 5.69 Å². The lowest BCUT2D eigenvalue weighted by Crippen LogP contribution is -2.26. The molecule has 0 heterocycles. The number of Topliss-reactive ketones (excluding diaryl/α,β-unsaturated/α-hetero) is 1. The van der Waals surface area contributed by atoms with Crippen LogP contribution >= 0.6 is 0 Å². The Morgan fingerprint density at radius 3 is 2.52 bits per heavy atom. The first-order chi connectivity index (χ1) is 11.1. The number of hydrogen-bond donors (Lipinski definition) is 2. The van der Waals surface area contributed by atoms with Gasteiger partial charge in [-0.2, -0.15) is 0 Å². The lowest BCUT2D eigenvalue weighted by Gasteiger charge is -2.09. The molecule has 0 saturated heterocycles. The summed E-state index contributed by atoms with van der Waals surface area (Å²) < 4.78 is 0. The van der Waals surface area contributed by atoms with Gasteiger partial charge in [-0.1, -0.05) is 29.8 Å². The van der Waals surface area contributed by atoms with Crippen molar-refractivity contribution in [3.8, 4) is 0 Å². The molecule has 0 fully saturated rings. The summed E-state index contributed by atoms with van der Waals surface area (Å²) in [6, 6.07) is 14.1. The van der Waals surface area contributed by atoms with Crippen LogP contribution in [0.3, 0.4) is 0 Å². The van der Waals surface area contributed by atoms with Crippen LogP contribution in [-0.2, 0) is 4.79 Å². The van der Waals surface area contributed by atoms with Crippen LogP contribution in [0.5, 0.6) is 0 Å². The van der Waals surface area contributed by atoms with Gasteiger partial charge in [0.25, 0.3) is 5.91 Å². The first-order valence-electron chi connectivity index (χ1n) is 7.29. The molecule has 2 aromatic carbocycles. The maximum absolute atomic E-state index is 12.3. The highest BCUT2D eigenvalue weighted by molar-refractivity contribution is 6.03. The minimum atomic E-state index is -0.214. The predicted octanol–water partition coefficient (Wildman–Crippen LogP) is 2.57. The molecule has 0 atom stereocenters.